The lowest BCUT2D eigenvalue weighted by Crippen LogP contribution is -2.20. The molecule has 4 rings (SSSR count). The largest absolute Gasteiger partial charge is 0.462 e. The van der Waals surface area contributed by atoms with Crippen LogP contribution in [0.3, 0.4) is 0 Å². The maximum absolute atomic E-state index is 13.3. The first-order chi connectivity index (χ1) is 17.0. The topological polar surface area (TPSA) is 87.0 Å². The van der Waals surface area contributed by atoms with Gasteiger partial charge in [-0.3, -0.25) is 4.79 Å². The molecule has 0 fully saturated rings. The minimum Gasteiger partial charge on any atom is -0.462 e. The average Bonchev–Trinajstić information content (AvgIpc) is 2.87. The van der Waals surface area contributed by atoms with Gasteiger partial charge >= 0.3 is 5.97 Å². The summed E-state index contributed by atoms with van der Waals surface area (Å²) < 4.78 is 20.2. The van der Waals surface area contributed by atoms with Crippen LogP contribution >= 0.6 is 11.8 Å². The number of nitrogens with zero attached hydrogens (tertiary/aromatic N) is 4. The zero-order valence-electron chi connectivity index (χ0n) is 19.1. The van der Waals surface area contributed by atoms with E-state index in [0.717, 1.165) is 16.7 Å². The first-order valence-corrected chi connectivity index (χ1v) is 12.0. The van der Waals surface area contributed by atoms with Gasteiger partial charge in [0.05, 0.1) is 12.2 Å². The molecule has 2 heterocycles. The fraction of sp³-hybridized carbons (Fsp3) is 0.192. The number of thioether (sulfide) groups is 1. The molecule has 2 aromatic carbocycles. The molecule has 0 aliphatic carbocycles. The molecule has 35 heavy (non-hydrogen) atoms. The van der Waals surface area contributed by atoms with Crippen LogP contribution in [0.4, 0.5) is 4.39 Å². The van der Waals surface area contributed by atoms with Crippen molar-refractivity contribution < 1.29 is 13.9 Å². The van der Waals surface area contributed by atoms with E-state index in [2.05, 4.69) is 15.0 Å². The van der Waals surface area contributed by atoms with Crippen molar-refractivity contribution in [3.8, 4) is 0 Å². The average molecular weight is 491 g/mol. The van der Waals surface area contributed by atoms with E-state index in [1.807, 2.05) is 16.7 Å². The number of hydrogen-bond acceptors (Lipinski definition) is 7. The van der Waals surface area contributed by atoms with Gasteiger partial charge in [0, 0.05) is 42.9 Å². The number of rotatable bonds is 9. The summed E-state index contributed by atoms with van der Waals surface area (Å²) in [6.07, 6.45) is 6.94. The third-order valence-corrected chi connectivity index (χ3v) is 6.20. The van der Waals surface area contributed by atoms with Crippen LogP contribution in [-0.2, 0) is 23.5 Å². The zero-order chi connectivity index (χ0) is 24.6. The highest BCUT2D eigenvalue weighted by Gasteiger charge is 2.12. The smallest absolute Gasteiger partial charge is 0.338 e. The Morgan fingerprint density at radius 3 is 2.37 bits per heavy atom. The van der Waals surface area contributed by atoms with Crippen LogP contribution < -0.4 is 5.56 Å². The third-order valence-electron chi connectivity index (χ3n) is 5.14. The number of hydrogen-bond donors (Lipinski definition) is 0. The molecular weight excluding hydrogens is 467 g/mol. The van der Waals surface area contributed by atoms with Crippen LogP contribution in [0.2, 0.25) is 0 Å². The number of ether oxygens (including phenoxy) is 1. The molecule has 0 radical (unpaired) electrons. The molecule has 0 spiro atoms. The lowest BCUT2D eigenvalue weighted by Gasteiger charge is -2.14. The number of esters is 1. The Morgan fingerprint density at radius 2 is 1.69 bits per heavy atom. The van der Waals surface area contributed by atoms with Crippen molar-refractivity contribution in [1.82, 2.24) is 19.5 Å². The minimum atomic E-state index is -0.369. The fourth-order valence-electron chi connectivity index (χ4n) is 3.40. The molecule has 178 valence electrons. The van der Waals surface area contributed by atoms with Crippen molar-refractivity contribution in [2.75, 3.05) is 6.61 Å². The van der Waals surface area contributed by atoms with Gasteiger partial charge in [-0.2, -0.15) is 4.98 Å². The van der Waals surface area contributed by atoms with E-state index in [-0.39, 0.29) is 17.3 Å². The van der Waals surface area contributed by atoms with E-state index < -0.39 is 0 Å². The van der Waals surface area contributed by atoms with E-state index in [4.69, 9.17) is 4.74 Å². The molecule has 0 amide bonds. The molecule has 7 nitrogen and oxygen atoms in total. The molecule has 0 saturated heterocycles. The number of carbonyl (C=O) groups excluding carboxylic acids is 1. The van der Waals surface area contributed by atoms with Gasteiger partial charge in [-0.15, -0.1) is 0 Å². The predicted octanol–water partition coefficient (Wildman–Crippen LogP) is 4.28. The summed E-state index contributed by atoms with van der Waals surface area (Å²) in [7, 11) is 0. The van der Waals surface area contributed by atoms with E-state index in [1.165, 1.54) is 30.2 Å². The van der Waals surface area contributed by atoms with Gasteiger partial charge in [0.1, 0.15) is 12.1 Å². The summed E-state index contributed by atoms with van der Waals surface area (Å²) in [5.41, 5.74) is 3.34. The maximum atomic E-state index is 13.3. The Kier molecular flexibility index (Phi) is 7.99. The molecular formula is C26H23FN4O3S. The molecule has 0 saturated carbocycles. The quantitative estimate of drug-likeness (QED) is 0.197. The van der Waals surface area contributed by atoms with Crippen LogP contribution in [0.15, 0.2) is 83.4 Å². The standard InChI is InChI=1S/C26H23FN4O3S/c1-2-34-25(33)21-7-3-18(4-8-21)14-31-15-22(11-20-12-28-17-29-13-20)24(32)30-26(31)35-16-19-5-9-23(27)10-6-19/h3-10,12-13,15,17H,2,11,14,16H2,1H3. The lowest BCUT2D eigenvalue weighted by molar-refractivity contribution is 0.0526. The Morgan fingerprint density at radius 1 is 1.00 bits per heavy atom. The van der Waals surface area contributed by atoms with Crippen LogP contribution in [-0.4, -0.2) is 32.1 Å². The van der Waals surface area contributed by atoms with Gasteiger partial charge in [0.2, 0.25) is 0 Å². The van der Waals surface area contributed by atoms with Crippen LogP contribution in [0.25, 0.3) is 0 Å². The monoisotopic (exact) mass is 490 g/mol. The molecule has 0 atom stereocenters. The molecule has 0 aliphatic rings. The first kappa shape index (κ1) is 24.3. The van der Waals surface area contributed by atoms with Crippen molar-refractivity contribution >= 4 is 17.7 Å². The van der Waals surface area contributed by atoms with Crippen molar-refractivity contribution in [2.45, 2.75) is 30.8 Å². The van der Waals surface area contributed by atoms with Crippen molar-refractivity contribution in [2.24, 2.45) is 0 Å². The third kappa shape index (κ3) is 6.60. The van der Waals surface area contributed by atoms with Crippen molar-refractivity contribution in [3.63, 3.8) is 0 Å². The van der Waals surface area contributed by atoms with Crippen molar-refractivity contribution in [3.05, 3.63) is 117 Å². The summed E-state index contributed by atoms with van der Waals surface area (Å²) in [6.45, 7) is 2.52. The predicted molar refractivity (Wildman–Crippen MR) is 131 cm³/mol. The second-order valence-corrected chi connectivity index (χ2v) is 8.68. The van der Waals surface area contributed by atoms with Gasteiger partial charge in [-0.1, -0.05) is 36.0 Å². The Hall–Kier alpha value is -3.85. The highest BCUT2D eigenvalue weighted by molar-refractivity contribution is 7.98. The van der Waals surface area contributed by atoms with Crippen LogP contribution in [0.5, 0.6) is 0 Å². The molecule has 0 N–H and O–H groups in total. The second kappa shape index (κ2) is 11.5. The molecule has 9 heteroatoms. The van der Waals surface area contributed by atoms with Gasteiger partial charge in [-0.05, 0) is 47.9 Å². The molecule has 0 bridgehead atoms. The summed E-state index contributed by atoms with van der Waals surface area (Å²) >= 11 is 1.40. The minimum absolute atomic E-state index is 0.297. The second-order valence-electron chi connectivity index (χ2n) is 7.74. The highest BCUT2D eigenvalue weighted by atomic mass is 32.2. The van der Waals surface area contributed by atoms with E-state index in [9.17, 15) is 14.0 Å². The molecule has 2 aromatic heterocycles. The Balaban J connectivity index is 1.61. The highest BCUT2D eigenvalue weighted by Crippen LogP contribution is 2.22. The SMILES string of the molecule is CCOC(=O)c1ccc(Cn2cc(Cc3cncnc3)c(=O)nc2SCc2ccc(F)cc2)cc1. The molecule has 4 aromatic rings. The fourth-order valence-corrected chi connectivity index (χ4v) is 4.32. The Bertz CT molecular complexity index is 1340. The van der Waals surface area contributed by atoms with E-state index >= 15 is 0 Å². The first-order valence-electron chi connectivity index (χ1n) is 11.0. The van der Waals surface area contributed by atoms with Crippen LogP contribution in [0.1, 0.15) is 39.5 Å². The summed E-state index contributed by atoms with van der Waals surface area (Å²) in [6, 6.07) is 13.4. The number of carbonyl (C=O) groups is 1. The van der Waals surface area contributed by atoms with E-state index in [0.29, 0.717) is 41.6 Å². The number of benzene rings is 2. The zero-order valence-corrected chi connectivity index (χ0v) is 19.9. The molecule has 0 unspecified atom stereocenters. The summed E-state index contributed by atoms with van der Waals surface area (Å²) in [5, 5.41) is 0.543. The summed E-state index contributed by atoms with van der Waals surface area (Å²) in [5.74, 6) is -0.137. The maximum Gasteiger partial charge on any atom is 0.338 e. The van der Waals surface area contributed by atoms with Gasteiger partial charge in [0.15, 0.2) is 5.16 Å². The molecule has 0 aliphatic heterocycles. The van der Waals surface area contributed by atoms with Crippen LogP contribution in [0, 0.1) is 5.82 Å². The van der Waals surface area contributed by atoms with Gasteiger partial charge in [0.25, 0.3) is 5.56 Å². The lowest BCUT2D eigenvalue weighted by atomic mass is 10.1. The van der Waals surface area contributed by atoms with Crippen molar-refractivity contribution in [1.29, 1.82) is 0 Å². The number of aromatic nitrogens is 4. The normalized spacial score (nSPS) is 10.8. The van der Waals surface area contributed by atoms with Gasteiger partial charge < -0.3 is 9.30 Å². The Labute approximate surface area is 206 Å². The van der Waals surface area contributed by atoms with E-state index in [1.54, 1.807) is 49.8 Å². The van der Waals surface area contributed by atoms with Gasteiger partial charge in [-0.25, -0.2) is 19.2 Å². The summed E-state index contributed by atoms with van der Waals surface area (Å²) in [4.78, 5) is 37.1. The number of halogens is 1.